The number of nitrogens with one attached hydrogen (secondary N) is 2. The van der Waals surface area contributed by atoms with Crippen LogP contribution < -0.4 is 15.4 Å². The lowest BCUT2D eigenvalue weighted by molar-refractivity contribution is -0.137. The van der Waals surface area contributed by atoms with E-state index in [0.717, 1.165) is 18.6 Å². The second-order valence-corrected chi connectivity index (χ2v) is 6.19. The van der Waals surface area contributed by atoms with Crippen molar-refractivity contribution in [2.75, 3.05) is 11.9 Å². The molecule has 2 aromatic rings. The van der Waals surface area contributed by atoms with E-state index in [2.05, 4.69) is 10.6 Å². The molecule has 0 saturated carbocycles. The summed E-state index contributed by atoms with van der Waals surface area (Å²) in [6.07, 6.45) is -3.74. The van der Waals surface area contributed by atoms with E-state index < -0.39 is 24.3 Å². The maximum atomic E-state index is 12.7. The molecule has 0 aliphatic rings. The minimum Gasteiger partial charge on any atom is -0.484 e. The number of amides is 2. The van der Waals surface area contributed by atoms with Gasteiger partial charge in [0, 0.05) is 6.04 Å². The third-order valence-corrected chi connectivity index (χ3v) is 3.97. The summed E-state index contributed by atoms with van der Waals surface area (Å²) in [4.78, 5) is 24.5. The van der Waals surface area contributed by atoms with E-state index in [1.54, 1.807) is 24.3 Å². The van der Waals surface area contributed by atoms with Crippen molar-refractivity contribution in [2.24, 2.45) is 0 Å². The summed E-state index contributed by atoms with van der Waals surface area (Å²) in [5, 5.41) is 5.36. The van der Waals surface area contributed by atoms with Crippen molar-refractivity contribution in [1.82, 2.24) is 5.32 Å². The van der Waals surface area contributed by atoms with E-state index in [9.17, 15) is 22.8 Å². The Bertz CT molecular complexity index is 837. The van der Waals surface area contributed by atoms with Crippen molar-refractivity contribution in [2.45, 2.75) is 32.5 Å². The summed E-state index contributed by atoms with van der Waals surface area (Å²) in [6, 6.07) is 10.7. The summed E-state index contributed by atoms with van der Waals surface area (Å²) in [5.41, 5.74) is -0.284. The topological polar surface area (TPSA) is 67.4 Å². The first-order chi connectivity index (χ1) is 13.2. The number of carbonyl (C=O) groups excluding carboxylic acids is 2. The van der Waals surface area contributed by atoms with Gasteiger partial charge in [0.2, 0.25) is 0 Å². The molecule has 150 valence electrons. The highest BCUT2D eigenvalue weighted by molar-refractivity contribution is 6.04. The lowest BCUT2D eigenvalue weighted by atomic mass is 10.1. The van der Waals surface area contributed by atoms with Crippen molar-refractivity contribution < 1.29 is 27.5 Å². The average Bonchev–Trinajstić information content (AvgIpc) is 2.66. The minimum absolute atomic E-state index is 0.0273. The molecule has 1 atom stereocenters. The smallest absolute Gasteiger partial charge is 0.416 e. The Kier molecular flexibility index (Phi) is 7.03. The third kappa shape index (κ3) is 6.00. The van der Waals surface area contributed by atoms with Crippen molar-refractivity contribution in [1.29, 1.82) is 0 Å². The molecule has 0 saturated heterocycles. The number of anilines is 1. The van der Waals surface area contributed by atoms with Gasteiger partial charge in [-0.25, -0.2) is 0 Å². The number of hydrogen-bond donors (Lipinski definition) is 2. The van der Waals surface area contributed by atoms with Gasteiger partial charge >= 0.3 is 6.18 Å². The van der Waals surface area contributed by atoms with E-state index in [-0.39, 0.29) is 23.3 Å². The fourth-order valence-corrected chi connectivity index (χ4v) is 2.29. The largest absolute Gasteiger partial charge is 0.484 e. The van der Waals surface area contributed by atoms with Crippen molar-refractivity contribution in [3.05, 3.63) is 59.7 Å². The molecular formula is C20H21F3N2O3. The zero-order valence-corrected chi connectivity index (χ0v) is 15.5. The molecule has 0 aromatic heterocycles. The van der Waals surface area contributed by atoms with Gasteiger partial charge in [-0.15, -0.1) is 0 Å². The molecule has 8 heteroatoms. The normalized spacial score (nSPS) is 12.2. The number of rotatable bonds is 7. The summed E-state index contributed by atoms with van der Waals surface area (Å²) in [6.45, 7) is 3.30. The van der Waals surface area contributed by atoms with Gasteiger partial charge in [-0.2, -0.15) is 13.2 Å². The van der Waals surface area contributed by atoms with Gasteiger partial charge in [-0.3, -0.25) is 9.59 Å². The predicted octanol–water partition coefficient (Wildman–Crippen LogP) is 4.25. The molecule has 0 heterocycles. The van der Waals surface area contributed by atoms with Gasteiger partial charge in [0.1, 0.15) is 5.75 Å². The van der Waals surface area contributed by atoms with Gasteiger partial charge in [0.15, 0.2) is 6.61 Å². The van der Waals surface area contributed by atoms with E-state index in [0.29, 0.717) is 5.69 Å². The second kappa shape index (κ2) is 9.25. The molecule has 0 aliphatic carbocycles. The molecule has 2 aromatic carbocycles. The predicted molar refractivity (Wildman–Crippen MR) is 99.2 cm³/mol. The molecule has 0 unspecified atom stereocenters. The van der Waals surface area contributed by atoms with Crippen LogP contribution in [-0.4, -0.2) is 24.5 Å². The Hall–Kier alpha value is -3.03. The number of ether oxygens (including phenoxy) is 1. The Morgan fingerprint density at radius 1 is 1.11 bits per heavy atom. The molecule has 5 nitrogen and oxygen atoms in total. The van der Waals surface area contributed by atoms with Crippen LogP contribution in [0.2, 0.25) is 0 Å². The fourth-order valence-electron chi connectivity index (χ4n) is 2.29. The minimum atomic E-state index is -4.50. The highest BCUT2D eigenvalue weighted by Gasteiger charge is 2.30. The molecule has 0 radical (unpaired) electrons. The Morgan fingerprint density at radius 3 is 2.50 bits per heavy atom. The SMILES string of the molecule is CC[C@@H](C)NC(=O)c1ccccc1NC(=O)COc1cccc(C(F)(F)F)c1. The van der Waals surface area contributed by atoms with Crippen LogP contribution in [0.25, 0.3) is 0 Å². The van der Waals surface area contributed by atoms with E-state index in [1.807, 2.05) is 13.8 Å². The van der Waals surface area contributed by atoms with Crippen LogP contribution >= 0.6 is 0 Å². The summed E-state index contributed by atoms with van der Waals surface area (Å²) in [7, 11) is 0. The number of halogens is 3. The summed E-state index contributed by atoms with van der Waals surface area (Å²) in [5.74, 6) is -1.00. The van der Waals surface area contributed by atoms with Crippen molar-refractivity contribution >= 4 is 17.5 Å². The molecule has 0 fully saturated rings. The van der Waals surface area contributed by atoms with E-state index in [1.165, 1.54) is 12.1 Å². The van der Waals surface area contributed by atoms with Gasteiger partial charge in [-0.1, -0.05) is 25.1 Å². The standard InChI is InChI=1S/C20H21F3N2O3/c1-3-13(2)24-19(27)16-9-4-5-10-17(16)25-18(26)12-28-15-8-6-7-14(11-15)20(21,22)23/h4-11,13H,3,12H2,1-2H3,(H,24,27)(H,25,26)/t13-/m1/s1. The van der Waals surface area contributed by atoms with Gasteiger partial charge in [0.05, 0.1) is 16.8 Å². The van der Waals surface area contributed by atoms with Crippen LogP contribution in [0.15, 0.2) is 48.5 Å². The zero-order valence-electron chi connectivity index (χ0n) is 15.5. The van der Waals surface area contributed by atoms with E-state index in [4.69, 9.17) is 4.74 Å². The van der Waals surface area contributed by atoms with Crippen molar-refractivity contribution in [3.8, 4) is 5.75 Å². The summed E-state index contributed by atoms with van der Waals surface area (Å²) < 4.78 is 43.3. The van der Waals surface area contributed by atoms with Crippen LogP contribution in [0, 0.1) is 0 Å². The first-order valence-electron chi connectivity index (χ1n) is 8.70. The first kappa shape index (κ1) is 21.3. The van der Waals surface area contributed by atoms with Crippen LogP contribution in [-0.2, 0) is 11.0 Å². The number of hydrogen-bond acceptors (Lipinski definition) is 3. The third-order valence-electron chi connectivity index (χ3n) is 3.97. The fraction of sp³-hybridized carbons (Fsp3) is 0.300. The van der Waals surface area contributed by atoms with E-state index >= 15 is 0 Å². The highest BCUT2D eigenvalue weighted by Crippen LogP contribution is 2.31. The monoisotopic (exact) mass is 394 g/mol. The average molecular weight is 394 g/mol. The van der Waals surface area contributed by atoms with Crippen LogP contribution in [0.1, 0.15) is 36.2 Å². The highest BCUT2D eigenvalue weighted by atomic mass is 19.4. The number of benzene rings is 2. The Morgan fingerprint density at radius 2 is 1.82 bits per heavy atom. The quantitative estimate of drug-likeness (QED) is 0.738. The van der Waals surface area contributed by atoms with Gasteiger partial charge < -0.3 is 15.4 Å². The van der Waals surface area contributed by atoms with Crippen LogP contribution in [0.5, 0.6) is 5.75 Å². The molecule has 2 amide bonds. The maximum absolute atomic E-state index is 12.7. The first-order valence-corrected chi connectivity index (χ1v) is 8.70. The zero-order chi connectivity index (χ0) is 20.7. The summed E-state index contributed by atoms with van der Waals surface area (Å²) >= 11 is 0. The van der Waals surface area contributed by atoms with Gasteiger partial charge in [-0.05, 0) is 43.7 Å². The Labute approximate surface area is 160 Å². The number of para-hydroxylation sites is 1. The molecule has 0 bridgehead atoms. The molecule has 28 heavy (non-hydrogen) atoms. The lowest BCUT2D eigenvalue weighted by Gasteiger charge is -2.15. The number of alkyl halides is 3. The Balaban J connectivity index is 2.01. The molecule has 0 aliphatic heterocycles. The molecule has 2 rings (SSSR count). The van der Waals surface area contributed by atoms with Crippen LogP contribution in [0.3, 0.4) is 0 Å². The van der Waals surface area contributed by atoms with Gasteiger partial charge in [0.25, 0.3) is 11.8 Å². The number of carbonyl (C=O) groups is 2. The molecule has 2 N–H and O–H groups in total. The molecule has 0 spiro atoms. The lowest BCUT2D eigenvalue weighted by Crippen LogP contribution is -2.33. The molecular weight excluding hydrogens is 373 g/mol. The maximum Gasteiger partial charge on any atom is 0.416 e. The van der Waals surface area contributed by atoms with Crippen LogP contribution in [0.4, 0.5) is 18.9 Å². The van der Waals surface area contributed by atoms with Crippen molar-refractivity contribution in [3.63, 3.8) is 0 Å². The second-order valence-electron chi connectivity index (χ2n) is 6.19.